The van der Waals surface area contributed by atoms with Gasteiger partial charge in [-0.15, -0.1) is 0 Å². The van der Waals surface area contributed by atoms with E-state index in [9.17, 15) is 0 Å². The molecule has 0 saturated carbocycles. The predicted molar refractivity (Wildman–Crippen MR) is 68.2 cm³/mol. The quantitative estimate of drug-likeness (QED) is 0.849. The summed E-state index contributed by atoms with van der Waals surface area (Å²) in [6, 6.07) is 11.8. The molecule has 0 aliphatic carbocycles. The zero-order chi connectivity index (χ0) is 12.3. The fraction of sp³-hybridized carbons (Fsp3) is 0.143. The Morgan fingerprint density at radius 3 is 2.53 bits per heavy atom. The zero-order valence-corrected chi connectivity index (χ0v) is 9.86. The number of nitrogens with zero attached hydrogens (tertiary/aromatic N) is 2. The Hall–Kier alpha value is -2.34. The van der Waals surface area contributed by atoms with Gasteiger partial charge in [0.05, 0.1) is 5.56 Å². The summed E-state index contributed by atoms with van der Waals surface area (Å²) in [7, 11) is 0. The highest BCUT2D eigenvalue weighted by atomic mass is 15.0. The Morgan fingerprint density at radius 1 is 1.12 bits per heavy atom. The maximum absolute atomic E-state index is 8.67. The van der Waals surface area contributed by atoms with E-state index in [1.807, 2.05) is 12.1 Å². The van der Waals surface area contributed by atoms with Gasteiger partial charge < -0.3 is 5.32 Å². The van der Waals surface area contributed by atoms with Gasteiger partial charge in [-0.2, -0.15) is 5.26 Å². The molecule has 0 bridgehead atoms. The van der Waals surface area contributed by atoms with E-state index in [4.69, 9.17) is 5.26 Å². The summed E-state index contributed by atoms with van der Waals surface area (Å²) in [5.41, 5.74) is 4.08. The van der Waals surface area contributed by atoms with Gasteiger partial charge in [-0.05, 0) is 49.2 Å². The molecule has 0 atom stereocenters. The first kappa shape index (κ1) is 11.2. The molecule has 2 aromatic rings. The third-order valence-corrected chi connectivity index (χ3v) is 2.67. The average molecular weight is 223 g/mol. The molecule has 0 spiro atoms. The van der Waals surface area contributed by atoms with Gasteiger partial charge in [0.2, 0.25) is 0 Å². The summed E-state index contributed by atoms with van der Waals surface area (Å²) in [5, 5.41) is 11.9. The predicted octanol–water partition coefficient (Wildman–Crippen LogP) is 3.31. The molecule has 1 N–H and O–H groups in total. The summed E-state index contributed by atoms with van der Waals surface area (Å²) in [5.74, 6) is 0.743. The first-order chi connectivity index (χ1) is 8.19. The second-order valence-electron chi connectivity index (χ2n) is 3.97. The molecule has 3 heteroatoms. The van der Waals surface area contributed by atoms with Crippen LogP contribution >= 0.6 is 0 Å². The molecule has 1 heterocycles. The first-order valence-electron chi connectivity index (χ1n) is 5.39. The van der Waals surface area contributed by atoms with E-state index in [1.165, 1.54) is 11.1 Å². The third kappa shape index (κ3) is 2.61. The smallest absolute Gasteiger partial charge is 0.130 e. The summed E-state index contributed by atoms with van der Waals surface area (Å²) < 4.78 is 0. The van der Waals surface area contributed by atoms with Gasteiger partial charge in [0.1, 0.15) is 11.9 Å². The van der Waals surface area contributed by atoms with Crippen molar-refractivity contribution in [3.05, 3.63) is 53.2 Å². The number of aryl methyl sites for hydroxylation is 2. The van der Waals surface area contributed by atoms with Crippen LogP contribution < -0.4 is 5.32 Å². The number of nitriles is 1. The van der Waals surface area contributed by atoms with Crippen LogP contribution in [-0.2, 0) is 0 Å². The Kier molecular flexibility index (Phi) is 3.06. The molecule has 1 aromatic carbocycles. The zero-order valence-electron chi connectivity index (χ0n) is 9.86. The average Bonchev–Trinajstić information content (AvgIpc) is 2.35. The number of anilines is 2. The molecular formula is C14H13N3. The molecule has 0 saturated heterocycles. The molecule has 0 unspecified atom stereocenters. The Morgan fingerprint density at radius 2 is 1.94 bits per heavy atom. The standard InChI is InChI=1S/C14H13N3/c1-10-3-5-13(7-11(10)2)17-14-6-4-12(8-15)9-16-14/h3-7,9H,1-2H3,(H,16,17). The van der Waals surface area contributed by atoms with E-state index in [1.54, 1.807) is 18.3 Å². The lowest BCUT2D eigenvalue weighted by molar-refractivity contribution is 1.28. The van der Waals surface area contributed by atoms with Crippen molar-refractivity contribution < 1.29 is 0 Å². The lowest BCUT2D eigenvalue weighted by Crippen LogP contribution is -1.94. The second kappa shape index (κ2) is 4.67. The maximum atomic E-state index is 8.67. The highest BCUT2D eigenvalue weighted by Gasteiger charge is 1.98. The molecule has 0 aliphatic heterocycles. The highest BCUT2D eigenvalue weighted by Crippen LogP contribution is 2.18. The van der Waals surface area contributed by atoms with Crippen molar-refractivity contribution in [3.8, 4) is 6.07 Å². The van der Waals surface area contributed by atoms with Crippen LogP contribution in [0.2, 0.25) is 0 Å². The molecule has 0 amide bonds. The second-order valence-corrected chi connectivity index (χ2v) is 3.97. The van der Waals surface area contributed by atoms with Crippen LogP contribution in [0.5, 0.6) is 0 Å². The van der Waals surface area contributed by atoms with E-state index in [0.717, 1.165) is 11.5 Å². The van der Waals surface area contributed by atoms with Crippen LogP contribution in [0.25, 0.3) is 0 Å². The van der Waals surface area contributed by atoms with E-state index in [2.05, 4.69) is 36.3 Å². The van der Waals surface area contributed by atoms with Gasteiger partial charge in [-0.25, -0.2) is 4.98 Å². The van der Waals surface area contributed by atoms with Gasteiger partial charge >= 0.3 is 0 Å². The van der Waals surface area contributed by atoms with E-state index in [0.29, 0.717) is 5.56 Å². The summed E-state index contributed by atoms with van der Waals surface area (Å²) in [6.07, 6.45) is 1.56. The van der Waals surface area contributed by atoms with Crippen LogP contribution in [0.3, 0.4) is 0 Å². The monoisotopic (exact) mass is 223 g/mol. The molecule has 17 heavy (non-hydrogen) atoms. The van der Waals surface area contributed by atoms with E-state index in [-0.39, 0.29) is 0 Å². The molecule has 0 aliphatic rings. The fourth-order valence-corrected chi connectivity index (χ4v) is 1.50. The minimum atomic E-state index is 0.565. The van der Waals surface area contributed by atoms with Crippen LogP contribution in [0.15, 0.2) is 36.5 Å². The number of hydrogen-bond acceptors (Lipinski definition) is 3. The molecule has 0 radical (unpaired) electrons. The number of rotatable bonds is 2. The van der Waals surface area contributed by atoms with Crippen LogP contribution in [0.1, 0.15) is 16.7 Å². The van der Waals surface area contributed by atoms with Crippen molar-refractivity contribution in [1.82, 2.24) is 4.98 Å². The van der Waals surface area contributed by atoms with Gasteiger partial charge in [0.15, 0.2) is 0 Å². The molecule has 1 aromatic heterocycles. The normalized spacial score (nSPS) is 9.71. The Labute approximate surface area is 101 Å². The van der Waals surface area contributed by atoms with E-state index >= 15 is 0 Å². The summed E-state index contributed by atoms with van der Waals surface area (Å²) >= 11 is 0. The molecule has 3 nitrogen and oxygen atoms in total. The maximum Gasteiger partial charge on any atom is 0.130 e. The van der Waals surface area contributed by atoms with Crippen LogP contribution in [0.4, 0.5) is 11.5 Å². The Bertz CT molecular complexity index is 565. The number of benzene rings is 1. The van der Waals surface area contributed by atoms with Crippen LogP contribution in [0, 0.1) is 25.2 Å². The van der Waals surface area contributed by atoms with Gasteiger partial charge in [-0.1, -0.05) is 6.07 Å². The van der Waals surface area contributed by atoms with Crippen molar-refractivity contribution in [2.75, 3.05) is 5.32 Å². The van der Waals surface area contributed by atoms with Crippen LogP contribution in [-0.4, -0.2) is 4.98 Å². The SMILES string of the molecule is Cc1ccc(Nc2ccc(C#N)cn2)cc1C. The topological polar surface area (TPSA) is 48.7 Å². The Balaban J connectivity index is 2.20. The van der Waals surface area contributed by atoms with Gasteiger partial charge in [0.25, 0.3) is 0 Å². The summed E-state index contributed by atoms with van der Waals surface area (Å²) in [6.45, 7) is 4.16. The molecule has 84 valence electrons. The highest BCUT2D eigenvalue weighted by molar-refractivity contribution is 5.58. The minimum absolute atomic E-state index is 0.565. The molecular weight excluding hydrogens is 210 g/mol. The van der Waals surface area contributed by atoms with Gasteiger partial charge in [0, 0.05) is 11.9 Å². The van der Waals surface area contributed by atoms with Crippen molar-refractivity contribution in [2.45, 2.75) is 13.8 Å². The summed E-state index contributed by atoms with van der Waals surface area (Å²) in [4.78, 5) is 4.16. The van der Waals surface area contributed by atoms with E-state index < -0.39 is 0 Å². The fourth-order valence-electron chi connectivity index (χ4n) is 1.50. The molecule has 2 rings (SSSR count). The van der Waals surface area contributed by atoms with Crippen molar-refractivity contribution >= 4 is 11.5 Å². The number of aromatic nitrogens is 1. The van der Waals surface area contributed by atoms with Crippen molar-refractivity contribution in [2.24, 2.45) is 0 Å². The van der Waals surface area contributed by atoms with Gasteiger partial charge in [-0.3, -0.25) is 0 Å². The lowest BCUT2D eigenvalue weighted by atomic mass is 10.1. The third-order valence-electron chi connectivity index (χ3n) is 2.67. The lowest BCUT2D eigenvalue weighted by Gasteiger charge is -2.07. The number of hydrogen-bond donors (Lipinski definition) is 1. The largest absolute Gasteiger partial charge is 0.340 e. The van der Waals surface area contributed by atoms with Crippen molar-refractivity contribution in [1.29, 1.82) is 5.26 Å². The molecule has 0 fully saturated rings. The van der Waals surface area contributed by atoms with Crippen molar-refractivity contribution in [3.63, 3.8) is 0 Å². The minimum Gasteiger partial charge on any atom is -0.340 e. The number of nitrogens with one attached hydrogen (secondary N) is 1. The number of pyridine rings is 1. The first-order valence-corrected chi connectivity index (χ1v) is 5.39.